The Hall–Kier alpha value is -2.77. The molecule has 3 N–H and O–H groups in total. The summed E-state index contributed by atoms with van der Waals surface area (Å²) in [6.45, 7) is 0.301. The molecule has 0 bridgehead atoms. The van der Waals surface area contributed by atoms with Crippen LogP contribution >= 0.6 is 0 Å². The van der Waals surface area contributed by atoms with E-state index in [4.69, 9.17) is 0 Å². The van der Waals surface area contributed by atoms with E-state index in [1.165, 1.54) is 6.33 Å². The number of aromatic nitrogens is 6. The van der Waals surface area contributed by atoms with Gasteiger partial charge in [-0.2, -0.15) is 20.5 Å². The van der Waals surface area contributed by atoms with Crippen LogP contribution in [0.5, 0.6) is 0 Å². The molecule has 90 valence electrons. The van der Waals surface area contributed by atoms with Crippen molar-refractivity contribution in [1.29, 1.82) is 0 Å². The van der Waals surface area contributed by atoms with Gasteiger partial charge in [-0.3, -0.25) is 9.89 Å². The monoisotopic (exact) mass is 243 g/mol. The molecular formula is C10H9N7O. The minimum Gasteiger partial charge on any atom is -0.345 e. The highest BCUT2D eigenvalue weighted by molar-refractivity contribution is 5.97. The number of nitrogens with one attached hydrogen (secondary N) is 3. The van der Waals surface area contributed by atoms with Crippen LogP contribution in [-0.4, -0.2) is 36.5 Å². The third kappa shape index (κ3) is 1.90. The van der Waals surface area contributed by atoms with Gasteiger partial charge in [0.1, 0.15) is 23.2 Å². The third-order valence-corrected chi connectivity index (χ3v) is 2.46. The van der Waals surface area contributed by atoms with Crippen LogP contribution in [0.3, 0.4) is 0 Å². The number of aromatic amines is 2. The Bertz CT molecular complexity index is 672. The highest BCUT2D eigenvalue weighted by Crippen LogP contribution is 2.10. The van der Waals surface area contributed by atoms with E-state index in [9.17, 15) is 4.79 Å². The van der Waals surface area contributed by atoms with Crippen molar-refractivity contribution in [3.63, 3.8) is 0 Å². The summed E-state index contributed by atoms with van der Waals surface area (Å²) in [6, 6.07) is 5.11. The average molecular weight is 243 g/mol. The van der Waals surface area contributed by atoms with Crippen LogP contribution in [0.25, 0.3) is 11.0 Å². The van der Waals surface area contributed by atoms with Gasteiger partial charge in [0.05, 0.1) is 6.54 Å². The number of hydrogen-bond acceptors (Lipinski definition) is 5. The van der Waals surface area contributed by atoms with Crippen molar-refractivity contribution in [2.24, 2.45) is 0 Å². The SMILES string of the molecule is O=C(NCc1ncn[nH]1)c1ccc2n[nH]nc2c1. The third-order valence-electron chi connectivity index (χ3n) is 2.46. The molecule has 0 saturated carbocycles. The van der Waals surface area contributed by atoms with Crippen molar-refractivity contribution in [2.45, 2.75) is 6.54 Å². The summed E-state index contributed by atoms with van der Waals surface area (Å²) in [6.07, 6.45) is 1.39. The smallest absolute Gasteiger partial charge is 0.251 e. The van der Waals surface area contributed by atoms with Gasteiger partial charge in [-0.15, -0.1) is 0 Å². The second kappa shape index (κ2) is 4.24. The van der Waals surface area contributed by atoms with Gasteiger partial charge in [0.15, 0.2) is 0 Å². The van der Waals surface area contributed by atoms with Crippen molar-refractivity contribution >= 4 is 16.9 Å². The number of fused-ring (bicyclic) bond motifs is 1. The number of nitrogens with zero attached hydrogens (tertiary/aromatic N) is 4. The van der Waals surface area contributed by atoms with Crippen LogP contribution < -0.4 is 5.32 Å². The van der Waals surface area contributed by atoms with Gasteiger partial charge in [0, 0.05) is 5.56 Å². The van der Waals surface area contributed by atoms with E-state index in [0.29, 0.717) is 23.4 Å². The Morgan fingerprint density at radius 1 is 1.28 bits per heavy atom. The van der Waals surface area contributed by atoms with Crippen molar-refractivity contribution in [2.75, 3.05) is 0 Å². The van der Waals surface area contributed by atoms with Crippen molar-refractivity contribution in [1.82, 2.24) is 35.9 Å². The molecule has 1 amide bonds. The van der Waals surface area contributed by atoms with Crippen molar-refractivity contribution in [3.05, 3.63) is 35.9 Å². The predicted molar refractivity (Wildman–Crippen MR) is 61.4 cm³/mol. The average Bonchev–Trinajstić information content (AvgIpc) is 3.05. The second-order valence-corrected chi connectivity index (χ2v) is 3.64. The highest BCUT2D eigenvalue weighted by Gasteiger charge is 2.08. The Kier molecular flexibility index (Phi) is 2.45. The number of carbonyl (C=O) groups excluding carboxylic acids is 1. The maximum absolute atomic E-state index is 11.9. The maximum Gasteiger partial charge on any atom is 0.251 e. The van der Waals surface area contributed by atoms with E-state index >= 15 is 0 Å². The van der Waals surface area contributed by atoms with Crippen LogP contribution in [0, 0.1) is 0 Å². The van der Waals surface area contributed by atoms with E-state index < -0.39 is 0 Å². The molecular weight excluding hydrogens is 234 g/mol. The van der Waals surface area contributed by atoms with Crippen molar-refractivity contribution in [3.8, 4) is 0 Å². The van der Waals surface area contributed by atoms with Crippen LogP contribution in [-0.2, 0) is 6.54 Å². The van der Waals surface area contributed by atoms with E-state index in [1.807, 2.05) is 0 Å². The van der Waals surface area contributed by atoms with E-state index in [1.54, 1.807) is 18.2 Å². The summed E-state index contributed by atoms with van der Waals surface area (Å²) in [4.78, 5) is 15.8. The number of benzene rings is 1. The number of carbonyl (C=O) groups is 1. The summed E-state index contributed by atoms with van der Waals surface area (Å²) in [5.74, 6) is 0.405. The van der Waals surface area contributed by atoms with Crippen LogP contribution in [0.4, 0.5) is 0 Å². The molecule has 0 aliphatic carbocycles. The van der Waals surface area contributed by atoms with Gasteiger partial charge in [-0.1, -0.05) is 0 Å². The zero-order valence-electron chi connectivity index (χ0n) is 9.21. The highest BCUT2D eigenvalue weighted by atomic mass is 16.1. The molecule has 0 atom stereocenters. The summed E-state index contributed by atoms with van der Waals surface area (Å²) in [7, 11) is 0. The Morgan fingerprint density at radius 2 is 2.17 bits per heavy atom. The number of H-pyrrole nitrogens is 2. The van der Waals surface area contributed by atoms with Gasteiger partial charge >= 0.3 is 0 Å². The summed E-state index contributed by atoms with van der Waals surface area (Å²) in [5, 5.41) is 19.4. The zero-order valence-corrected chi connectivity index (χ0v) is 9.21. The minimum absolute atomic E-state index is 0.198. The summed E-state index contributed by atoms with van der Waals surface area (Å²) >= 11 is 0. The largest absolute Gasteiger partial charge is 0.345 e. The molecule has 8 nitrogen and oxygen atoms in total. The lowest BCUT2D eigenvalue weighted by molar-refractivity contribution is 0.0950. The Labute approximate surface area is 101 Å². The molecule has 0 aliphatic rings. The molecule has 0 aliphatic heterocycles. The first-order valence-corrected chi connectivity index (χ1v) is 5.26. The number of hydrogen-bond donors (Lipinski definition) is 3. The number of amides is 1. The van der Waals surface area contributed by atoms with Gasteiger partial charge < -0.3 is 5.32 Å². The lowest BCUT2D eigenvalue weighted by atomic mass is 10.2. The van der Waals surface area contributed by atoms with E-state index in [2.05, 4.69) is 35.9 Å². The normalized spacial score (nSPS) is 10.7. The molecule has 0 saturated heterocycles. The fourth-order valence-corrected chi connectivity index (χ4v) is 1.56. The first-order valence-electron chi connectivity index (χ1n) is 5.26. The van der Waals surface area contributed by atoms with Gasteiger partial charge in [0.2, 0.25) is 0 Å². The van der Waals surface area contributed by atoms with E-state index in [-0.39, 0.29) is 5.91 Å². The molecule has 2 heterocycles. The Balaban J connectivity index is 1.75. The molecule has 0 unspecified atom stereocenters. The van der Waals surface area contributed by atoms with Crippen molar-refractivity contribution < 1.29 is 4.79 Å². The molecule has 1 aromatic carbocycles. The van der Waals surface area contributed by atoms with Crippen LogP contribution in [0.15, 0.2) is 24.5 Å². The lowest BCUT2D eigenvalue weighted by Gasteiger charge is -2.02. The standard InChI is InChI=1S/C10H9N7O/c18-10(11-4-9-12-5-13-16-9)6-1-2-7-8(3-6)15-17-14-7/h1-3,5H,4H2,(H,11,18)(H,12,13,16)(H,14,15,17). The molecule has 0 spiro atoms. The molecule has 3 aromatic rings. The molecule has 0 radical (unpaired) electrons. The minimum atomic E-state index is -0.198. The fraction of sp³-hybridized carbons (Fsp3) is 0.100. The van der Waals surface area contributed by atoms with Gasteiger partial charge in [-0.25, -0.2) is 4.98 Å². The quantitative estimate of drug-likeness (QED) is 0.599. The topological polar surface area (TPSA) is 112 Å². The lowest BCUT2D eigenvalue weighted by Crippen LogP contribution is -2.23. The fourth-order valence-electron chi connectivity index (χ4n) is 1.56. The summed E-state index contributed by atoms with van der Waals surface area (Å²) in [5.41, 5.74) is 1.90. The van der Waals surface area contributed by atoms with E-state index in [0.717, 1.165) is 5.52 Å². The molecule has 0 fully saturated rings. The molecule has 18 heavy (non-hydrogen) atoms. The van der Waals surface area contributed by atoms with Gasteiger partial charge in [0.25, 0.3) is 5.91 Å². The maximum atomic E-state index is 11.9. The Morgan fingerprint density at radius 3 is 3.00 bits per heavy atom. The molecule has 2 aromatic heterocycles. The second-order valence-electron chi connectivity index (χ2n) is 3.64. The van der Waals surface area contributed by atoms with Crippen LogP contribution in [0.1, 0.15) is 16.2 Å². The predicted octanol–water partition coefficient (Wildman–Crippen LogP) is 0.00600. The number of rotatable bonds is 3. The van der Waals surface area contributed by atoms with Gasteiger partial charge in [-0.05, 0) is 18.2 Å². The molecule has 8 heteroatoms. The first kappa shape index (κ1) is 10.4. The molecule has 3 rings (SSSR count). The zero-order chi connectivity index (χ0) is 12.4. The first-order chi connectivity index (χ1) is 8.83. The summed E-state index contributed by atoms with van der Waals surface area (Å²) < 4.78 is 0. The van der Waals surface area contributed by atoms with Crippen LogP contribution in [0.2, 0.25) is 0 Å².